The normalized spacial score (nSPS) is 18.2. The molecule has 5 rings (SSSR count). The van der Waals surface area contributed by atoms with Crippen LogP contribution in [0, 0.1) is 0 Å². The van der Waals surface area contributed by atoms with Crippen molar-refractivity contribution in [1.82, 2.24) is 25.3 Å². The van der Waals surface area contributed by atoms with Crippen LogP contribution in [0.5, 0.6) is 0 Å². The van der Waals surface area contributed by atoms with E-state index in [1.807, 2.05) is 30.3 Å². The summed E-state index contributed by atoms with van der Waals surface area (Å²) < 4.78 is 39.8. The summed E-state index contributed by atoms with van der Waals surface area (Å²) in [5.41, 5.74) is 3.32. The van der Waals surface area contributed by atoms with Gasteiger partial charge in [0.2, 0.25) is 11.8 Å². The molecule has 0 aliphatic carbocycles. The van der Waals surface area contributed by atoms with Crippen LogP contribution in [0.2, 0.25) is 5.02 Å². The highest BCUT2D eigenvalue weighted by molar-refractivity contribution is 6.30. The predicted octanol–water partition coefficient (Wildman–Crippen LogP) is 5.85. The van der Waals surface area contributed by atoms with E-state index in [0.717, 1.165) is 41.9 Å². The second-order valence-corrected chi connectivity index (χ2v) is 12.7. The van der Waals surface area contributed by atoms with Gasteiger partial charge in [-0.25, -0.2) is 0 Å². The second-order valence-electron chi connectivity index (χ2n) is 12.3. The number of hydrogen-bond acceptors (Lipinski definition) is 5. The van der Waals surface area contributed by atoms with Crippen LogP contribution in [-0.2, 0) is 28.7 Å². The van der Waals surface area contributed by atoms with Gasteiger partial charge in [0, 0.05) is 69.2 Å². The number of benzene rings is 3. The minimum atomic E-state index is -4.39. The van der Waals surface area contributed by atoms with Crippen molar-refractivity contribution in [1.29, 1.82) is 0 Å². The zero-order valence-electron chi connectivity index (χ0n) is 26.9. The lowest BCUT2D eigenvalue weighted by atomic mass is 10.0. The van der Waals surface area contributed by atoms with Gasteiger partial charge in [0.25, 0.3) is 0 Å². The smallest absolute Gasteiger partial charge is 0.344 e. The number of likely N-dealkylation sites (N-methyl/N-ethyl adjacent to an activating group) is 1. The molecule has 3 aromatic rings. The lowest BCUT2D eigenvalue weighted by Gasteiger charge is -2.42. The zero-order chi connectivity index (χ0) is 33.6. The monoisotopic (exact) mass is 669 g/mol. The number of fused-ring (bicyclic) bond motifs is 1. The van der Waals surface area contributed by atoms with Crippen molar-refractivity contribution in [3.63, 3.8) is 0 Å². The lowest BCUT2D eigenvalue weighted by Crippen LogP contribution is -2.56. The molecule has 1 saturated heterocycles. The molecular formula is C36H43ClF3N5O2. The fraction of sp³-hybridized carbons (Fsp3) is 0.444. The molecule has 0 saturated carbocycles. The third-order valence-electron chi connectivity index (χ3n) is 9.36. The van der Waals surface area contributed by atoms with Crippen LogP contribution in [0.4, 0.5) is 13.2 Å². The molecule has 252 valence electrons. The van der Waals surface area contributed by atoms with Crippen LogP contribution < -0.4 is 10.6 Å². The Balaban J connectivity index is 1.28. The quantitative estimate of drug-likeness (QED) is 0.254. The molecule has 7 nitrogen and oxygen atoms in total. The van der Waals surface area contributed by atoms with Crippen molar-refractivity contribution in [3.05, 3.63) is 106 Å². The molecule has 0 aromatic heterocycles. The third kappa shape index (κ3) is 8.93. The number of piperazine rings is 1. The fourth-order valence-electron chi connectivity index (χ4n) is 6.58. The molecule has 47 heavy (non-hydrogen) atoms. The van der Waals surface area contributed by atoms with E-state index in [0.29, 0.717) is 50.7 Å². The number of hydrogen-bond donors (Lipinski definition) is 2. The first-order valence-electron chi connectivity index (χ1n) is 16.3. The van der Waals surface area contributed by atoms with Crippen LogP contribution in [0.1, 0.15) is 60.2 Å². The van der Waals surface area contributed by atoms with Crippen molar-refractivity contribution in [3.8, 4) is 0 Å². The lowest BCUT2D eigenvalue weighted by molar-refractivity contribution is -0.138. The molecule has 1 fully saturated rings. The average molecular weight is 670 g/mol. The maximum atomic E-state index is 14.0. The van der Waals surface area contributed by atoms with Crippen LogP contribution in [0.3, 0.4) is 0 Å². The van der Waals surface area contributed by atoms with Crippen LogP contribution in [0.25, 0.3) is 0 Å². The second kappa shape index (κ2) is 15.6. The van der Waals surface area contributed by atoms with Gasteiger partial charge in [-0.2, -0.15) is 13.2 Å². The standard InChI is InChI=1S/C36H43ClF3N5O2/c1-3-43(4-2)24-33(26-11-13-28(14-12-26)36(38,39)40)44-17-19-45(20-18-44)35(47)32(21-25-9-15-29(37)16-10-25)42-34(46)22-31-30-8-6-5-7-27(30)23-41-31/h5-16,31-33,41H,3-4,17-24H2,1-2H3,(H,42,46)/t31?,32-,33?/m1/s1. The summed E-state index contributed by atoms with van der Waals surface area (Å²) in [5, 5.41) is 7.03. The Kier molecular flexibility index (Phi) is 11.6. The Morgan fingerprint density at radius 2 is 1.62 bits per heavy atom. The Bertz CT molecular complexity index is 1490. The first-order chi connectivity index (χ1) is 22.5. The molecule has 3 aromatic carbocycles. The highest BCUT2D eigenvalue weighted by Crippen LogP contribution is 2.32. The SMILES string of the molecule is CCN(CC)CC(c1ccc(C(F)(F)F)cc1)N1CCN(C(=O)[C@@H](Cc2ccc(Cl)cc2)NC(=O)CC2NCc3ccccc32)CC1. The highest BCUT2D eigenvalue weighted by atomic mass is 35.5. The van der Waals surface area contributed by atoms with Crippen LogP contribution in [-0.4, -0.2) is 78.4 Å². The molecule has 2 heterocycles. The fourth-order valence-corrected chi connectivity index (χ4v) is 6.71. The van der Waals surface area contributed by atoms with E-state index >= 15 is 0 Å². The minimum Gasteiger partial charge on any atom is -0.344 e. The Morgan fingerprint density at radius 1 is 0.957 bits per heavy atom. The van der Waals surface area contributed by atoms with Gasteiger partial charge in [-0.05, 0) is 59.6 Å². The summed E-state index contributed by atoms with van der Waals surface area (Å²) in [6, 6.07) is 19.8. The summed E-state index contributed by atoms with van der Waals surface area (Å²) >= 11 is 6.10. The minimum absolute atomic E-state index is 0.117. The summed E-state index contributed by atoms with van der Waals surface area (Å²) in [7, 11) is 0. The van der Waals surface area contributed by atoms with E-state index in [1.165, 1.54) is 5.56 Å². The first kappa shape index (κ1) is 34.9. The zero-order valence-corrected chi connectivity index (χ0v) is 27.7. The van der Waals surface area contributed by atoms with Gasteiger partial charge in [0.05, 0.1) is 5.56 Å². The maximum Gasteiger partial charge on any atom is 0.416 e. The molecule has 2 amide bonds. The van der Waals surface area contributed by atoms with Gasteiger partial charge in [0.1, 0.15) is 6.04 Å². The topological polar surface area (TPSA) is 67.9 Å². The number of halogens is 4. The van der Waals surface area contributed by atoms with E-state index in [9.17, 15) is 22.8 Å². The molecule has 0 radical (unpaired) electrons. The molecule has 11 heteroatoms. The molecule has 2 unspecified atom stereocenters. The van der Waals surface area contributed by atoms with Crippen LogP contribution >= 0.6 is 11.6 Å². The number of alkyl halides is 3. The number of amides is 2. The van der Waals surface area contributed by atoms with E-state index in [4.69, 9.17) is 11.6 Å². The van der Waals surface area contributed by atoms with Gasteiger partial charge in [-0.3, -0.25) is 14.5 Å². The summed E-state index contributed by atoms with van der Waals surface area (Å²) in [4.78, 5) is 33.7. The molecule has 2 N–H and O–H groups in total. The van der Waals surface area contributed by atoms with Crippen molar-refractivity contribution in [2.75, 3.05) is 45.8 Å². The Labute approximate surface area is 280 Å². The Morgan fingerprint density at radius 3 is 2.26 bits per heavy atom. The van der Waals surface area contributed by atoms with Gasteiger partial charge < -0.3 is 20.4 Å². The summed E-state index contributed by atoms with van der Waals surface area (Å²) in [5.74, 6) is -0.353. The highest BCUT2D eigenvalue weighted by Gasteiger charge is 2.34. The molecule has 2 aliphatic heterocycles. The van der Waals surface area contributed by atoms with Crippen molar-refractivity contribution >= 4 is 23.4 Å². The van der Waals surface area contributed by atoms with E-state index in [-0.39, 0.29) is 30.3 Å². The predicted molar refractivity (Wildman–Crippen MR) is 178 cm³/mol. The van der Waals surface area contributed by atoms with E-state index < -0.39 is 17.8 Å². The number of nitrogens with one attached hydrogen (secondary N) is 2. The first-order valence-corrected chi connectivity index (χ1v) is 16.7. The Hall–Kier alpha value is -3.44. The van der Waals surface area contributed by atoms with E-state index in [2.05, 4.69) is 40.3 Å². The number of carbonyl (C=O) groups excluding carboxylic acids is 2. The van der Waals surface area contributed by atoms with Crippen molar-refractivity contribution in [2.24, 2.45) is 0 Å². The maximum absolute atomic E-state index is 14.0. The number of rotatable bonds is 12. The molecule has 0 bridgehead atoms. The van der Waals surface area contributed by atoms with E-state index in [1.54, 1.807) is 29.2 Å². The third-order valence-corrected chi connectivity index (χ3v) is 9.61. The largest absolute Gasteiger partial charge is 0.416 e. The van der Waals surface area contributed by atoms with Crippen molar-refractivity contribution < 1.29 is 22.8 Å². The average Bonchev–Trinajstić information content (AvgIpc) is 3.48. The van der Waals surface area contributed by atoms with Crippen LogP contribution in [0.15, 0.2) is 72.8 Å². The van der Waals surface area contributed by atoms with Gasteiger partial charge in [0.15, 0.2) is 0 Å². The summed E-state index contributed by atoms with van der Waals surface area (Å²) in [6.07, 6.45) is -3.85. The molecule has 0 spiro atoms. The molecule has 2 aliphatic rings. The van der Waals surface area contributed by atoms with Gasteiger partial charge >= 0.3 is 6.18 Å². The van der Waals surface area contributed by atoms with Gasteiger partial charge in [-0.15, -0.1) is 0 Å². The number of nitrogens with zero attached hydrogens (tertiary/aromatic N) is 3. The molecule has 3 atom stereocenters. The van der Waals surface area contributed by atoms with Gasteiger partial charge in [-0.1, -0.05) is 74.0 Å². The molecular weight excluding hydrogens is 627 g/mol. The number of carbonyl (C=O) groups is 2. The summed E-state index contributed by atoms with van der Waals surface area (Å²) in [6.45, 7) is 9.15. The van der Waals surface area contributed by atoms with Crippen molar-refractivity contribution in [2.45, 2.75) is 57.5 Å².